The van der Waals surface area contributed by atoms with Gasteiger partial charge in [-0.2, -0.15) is 0 Å². The Morgan fingerprint density at radius 1 is 0.784 bits per heavy atom. The van der Waals surface area contributed by atoms with E-state index in [1.165, 1.54) is 0 Å². The number of nitrogen functional groups attached to an aromatic ring is 2. The third kappa shape index (κ3) is 18.8. The van der Waals surface area contributed by atoms with E-state index in [0.29, 0.717) is 32.8 Å². The van der Waals surface area contributed by atoms with Crippen molar-refractivity contribution in [1.29, 1.82) is 5.41 Å². The summed E-state index contributed by atoms with van der Waals surface area (Å²) in [5.74, 6) is -0.403. The number of anilines is 2. The van der Waals surface area contributed by atoms with Crippen molar-refractivity contribution in [2.75, 3.05) is 57.3 Å². The third-order valence-electron chi connectivity index (χ3n) is 6.79. The largest absolute Gasteiger partial charge is 0.492 e. The molecule has 0 spiro atoms. The number of nitrogens with one attached hydrogen (secondary N) is 5. The fourth-order valence-electron chi connectivity index (χ4n) is 4.49. The van der Waals surface area contributed by atoms with Crippen LogP contribution in [-0.4, -0.2) is 96.0 Å². The molecule has 3 amide bonds. The highest BCUT2D eigenvalue weighted by Crippen LogP contribution is 2.17. The first-order chi connectivity index (χ1) is 23.9. The van der Waals surface area contributed by atoms with Gasteiger partial charge >= 0.3 is 12.2 Å². The normalized spacial score (nSPS) is 11.5. The summed E-state index contributed by atoms with van der Waals surface area (Å²) in [6.07, 6.45) is 3.03. The number of ether oxygens (including phenoxy) is 3. The van der Waals surface area contributed by atoms with Gasteiger partial charge in [0.1, 0.15) is 23.6 Å². The minimum Gasteiger partial charge on any atom is -0.492 e. The quantitative estimate of drug-likeness (QED) is 0.0652. The lowest BCUT2D eigenvalue weighted by Gasteiger charge is -2.24. The maximum atomic E-state index is 12.3. The van der Waals surface area contributed by atoms with Crippen LogP contribution in [-0.2, 0) is 15.9 Å². The Morgan fingerprint density at radius 3 is 1.88 bits per heavy atom. The highest BCUT2D eigenvalue weighted by atomic mass is 35.5. The lowest BCUT2D eigenvalue weighted by Crippen LogP contribution is -2.41. The third-order valence-corrected chi connectivity index (χ3v) is 7.07. The Kier molecular flexibility index (Phi) is 17.5. The van der Waals surface area contributed by atoms with Crippen LogP contribution >= 0.6 is 11.6 Å². The predicted molar refractivity (Wildman–Crippen MR) is 198 cm³/mol. The van der Waals surface area contributed by atoms with E-state index in [1.807, 2.05) is 65.8 Å². The SMILES string of the molecule is CC(C)(C)OC(=O)NCCCN(CCCNC(=O)OC(C)(C)C)CCOc1ccc(CCCCNC(=N)NC(=O)c2nc(Cl)c(N)nc2N)cc1. The molecule has 2 aromatic rings. The van der Waals surface area contributed by atoms with Crippen LogP contribution in [0.25, 0.3) is 0 Å². The van der Waals surface area contributed by atoms with Crippen LogP contribution in [0.3, 0.4) is 0 Å². The van der Waals surface area contributed by atoms with Gasteiger partial charge in [-0.05, 0) is 104 Å². The summed E-state index contributed by atoms with van der Waals surface area (Å²) in [7, 11) is 0. The summed E-state index contributed by atoms with van der Waals surface area (Å²) >= 11 is 5.82. The van der Waals surface area contributed by atoms with Crippen LogP contribution in [0, 0.1) is 5.41 Å². The van der Waals surface area contributed by atoms with Gasteiger partial charge in [-0.1, -0.05) is 23.7 Å². The van der Waals surface area contributed by atoms with Gasteiger partial charge in [0.25, 0.3) is 5.91 Å². The molecule has 51 heavy (non-hydrogen) atoms. The van der Waals surface area contributed by atoms with Crippen LogP contribution in [0.5, 0.6) is 5.75 Å². The van der Waals surface area contributed by atoms with Crippen molar-refractivity contribution in [3.05, 3.63) is 40.7 Å². The minimum absolute atomic E-state index is 0.0817. The average molecular weight is 735 g/mol. The number of amides is 3. The first kappa shape index (κ1) is 42.6. The van der Waals surface area contributed by atoms with Crippen molar-refractivity contribution in [2.24, 2.45) is 0 Å². The number of guanidine groups is 1. The highest BCUT2D eigenvalue weighted by Gasteiger charge is 2.18. The summed E-state index contributed by atoms with van der Waals surface area (Å²) < 4.78 is 16.6. The van der Waals surface area contributed by atoms with Crippen LogP contribution in [0.1, 0.15) is 83.3 Å². The maximum absolute atomic E-state index is 12.3. The molecule has 9 N–H and O–H groups in total. The van der Waals surface area contributed by atoms with Crippen LogP contribution in [0.4, 0.5) is 21.2 Å². The van der Waals surface area contributed by atoms with Gasteiger partial charge in [-0.3, -0.25) is 20.4 Å². The molecule has 0 fully saturated rings. The lowest BCUT2D eigenvalue weighted by atomic mass is 10.1. The summed E-state index contributed by atoms with van der Waals surface area (Å²) in [5.41, 5.74) is 11.1. The van der Waals surface area contributed by atoms with E-state index in [-0.39, 0.29) is 28.4 Å². The number of hydrogen-bond acceptors (Lipinski definition) is 12. The number of aryl methyl sites for hydroxylation is 1. The zero-order valence-corrected chi connectivity index (χ0v) is 31.4. The zero-order chi connectivity index (χ0) is 38.0. The Hall–Kier alpha value is -4.57. The number of carbonyl (C=O) groups is 3. The highest BCUT2D eigenvalue weighted by molar-refractivity contribution is 6.31. The predicted octanol–water partition coefficient (Wildman–Crippen LogP) is 4.08. The van der Waals surface area contributed by atoms with Gasteiger partial charge in [-0.25, -0.2) is 19.6 Å². The first-order valence-corrected chi connectivity index (χ1v) is 17.4. The van der Waals surface area contributed by atoms with Crippen molar-refractivity contribution in [2.45, 2.75) is 84.8 Å². The number of nitrogens with two attached hydrogens (primary N) is 2. The molecular weight excluding hydrogens is 680 g/mol. The number of unbranched alkanes of at least 4 members (excludes halogenated alkanes) is 1. The van der Waals surface area contributed by atoms with Crippen molar-refractivity contribution in [1.82, 2.24) is 36.1 Å². The summed E-state index contributed by atoms with van der Waals surface area (Å²) in [4.78, 5) is 46.1. The number of aromatic nitrogens is 2. The minimum atomic E-state index is -0.713. The lowest BCUT2D eigenvalue weighted by molar-refractivity contribution is 0.0516. The monoisotopic (exact) mass is 734 g/mol. The van der Waals surface area contributed by atoms with Crippen LogP contribution in [0.15, 0.2) is 24.3 Å². The number of hydrogen-bond donors (Lipinski definition) is 7. The second-order valence-electron chi connectivity index (χ2n) is 13.7. The van der Waals surface area contributed by atoms with Gasteiger partial charge in [-0.15, -0.1) is 0 Å². The average Bonchev–Trinajstić information content (AvgIpc) is 3.01. The van der Waals surface area contributed by atoms with E-state index in [0.717, 1.165) is 56.5 Å². The molecule has 1 aromatic carbocycles. The summed E-state index contributed by atoms with van der Waals surface area (Å²) in [5, 5.41) is 18.6. The van der Waals surface area contributed by atoms with E-state index < -0.39 is 29.3 Å². The smallest absolute Gasteiger partial charge is 0.407 e. The van der Waals surface area contributed by atoms with Crippen molar-refractivity contribution in [3.63, 3.8) is 0 Å². The molecule has 0 bridgehead atoms. The Balaban J connectivity index is 1.72. The number of benzene rings is 1. The molecule has 0 saturated carbocycles. The molecule has 1 heterocycles. The zero-order valence-electron chi connectivity index (χ0n) is 30.6. The fraction of sp³-hybridized carbons (Fsp3) is 0.588. The molecule has 17 heteroatoms. The molecule has 0 atom stereocenters. The Bertz CT molecular complexity index is 1390. The number of carbonyl (C=O) groups excluding carboxylic acids is 3. The van der Waals surface area contributed by atoms with Crippen molar-refractivity contribution >= 4 is 47.3 Å². The van der Waals surface area contributed by atoms with Gasteiger partial charge in [0.2, 0.25) is 0 Å². The maximum Gasteiger partial charge on any atom is 0.407 e. The van der Waals surface area contributed by atoms with Gasteiger partial charge < -0.3 is 41.6 Å². The second-order valence-corrected chi connectivity index (χ2v) is 14.1. The van der Waals surface area contributed by atoms with Crippen LogP contribution in [0.2, 0.25) is 5.15 Å². The Labute approximate surface area is 305 Å². The molecule has 0 aliphatic carbocycles. The van der Waals surface area contributed by atoms with Gasteiger partial charge in [0.05, 0.1) is 0 Å². The molecule has 0 aliphatic rings. The molecule has 0 saturated heterocycles. The standard InChI is InChI=1S/C34H55ClN10O6/c1-33(2,3)50-31(47)40-17-9-19-45(20-10-18-41-32(48)51-34(4,5)6)21-22-49-24-14-12-23(13-15-24)11-7-8-16-39-30(38)44-29(46)25-27(36)43-28(37)26(35)42-25/h12-15H,7-11,16-22H2,1-6H3,(H,40,47)(H,41,48)(H4,36,37,43)(H3,38,39,44,46). The Morgan fingerprint density at radius 2 is 1.33 bits per heavy atom. The van der Waals surface area contributed by atoms with Crippen molar-refractivity contribution in [3.8, 4) is 5.75 Å². The van der Waals surface area contributed by atoms with E-state index in [4.69, 9.17) is 42.7 Å². The number of rotatable bonds is 18. The fourth-order valence-corrected chi connectivity index (χ4v) is 4.61. The summed E-state index contributed by atoms with van der Waals surface area (Å²) in [6.45, 7) is 15.0. The molecule has 16 nitrogen and oxygen atoms in total. The van der Waals surface area contributed by atoms with Gasteiger partial charge in [0, 0.05) is 26.2 Å². The van der Waals surface area contributed by atoms with Crippen LogP contribution < -0.4 is 37.5 Å². The number of alkyl carbamates (subject to hydrolysis) is 2. The van der Waals surface area contributed by atoms with Gasteiger partial charge in [0.15, 0.2) is 28.4 Å². The topological polar surface area (TPSA) is 232 Å². The molecule has 284 valence electrons. The molecule has 1 aromatic heterocycles. The molecule has 0 unspecified atom stereocenters. The molecular formula is C34H55ClN10O6. The summed E-state index contributed by atoms with van der Waals surface area (Å²) in [6, 6.07) is 7.93. The first-order valence-electron chi connectivity index (χ1n) is 17.0. The van der Waals surface area contributed by atoms with E-state index >= 15 is 0 Å². The number of halogens is 1. The second kappa shape index (κ2) is 20.9. The van der Waals surface area contributed by atoms with E-state index in [2.05, 4.69) is 36.1 Å². The molecule has 2 rings (SSSR count). The van der Waals surface area contributed by atoms with Crippen molar-refractivity contribution < 1.29 is 28.6 Å². The van der Waals surface area contributed by atoms with E-state index in [1.54, 1.807) is 0 Å². The number of nitrogens with zero attached hydrogens (tertiary/aromatic N) is 3. The molecule has 0 aliphatic heterocycles. The molecule has 0 radical (unpaired) electrons. The van der Waals surface area contributed by atoms with E-state index in [9.17, 15) is 14.4 Å².